The average Bonchev–Trinajstić information content (AvgIpc) is 2.79. The first-order valence-corrected chi connectivity index (χ1v) is 9.35. The molecule has 0 aromatic carbocycles. The van der Waals surface area contributed by atoms with Crippen molar-refractivity contribution in [1.82, 2.24) is 9.62 Å². The van der Waals surface area contributed by atoms with Crippen molar-refractivity contribution in [1.29, 1.82) is 0 Å². The van der Waals surface area contributed by atoms with E-state index in [1.165, 1.54) is 16.1 Å². The van der Waals surface area contributed by atoms with Crippen LogP contribution < -0.4 is 5.32 Å². The van der Waals surface area contributed by atoms with E-state index in [1.54, 1.807) is 0 Å². The molecule has 0 aromatic heterocycles. The summed E-state index contributed by atoms with van der Waals surface area (Å²) in [7, 11) is -3.35. The second-order valence-corrected chi connectivity index (χ2v) is 7.80. The van der Waals surface area contributed by atoms with Gasteiger partial charge in [0.2, 0.25) is 15.9 Å². The van der Waals surface area contributed by atoms with E-state index in [0.717, 1.165) is 6.26 Å². The van der Waals surface area contributed by atoms with E-state index in [-0.39, 0.29) is 23.8 Å². The molecule has 0 aromatic rings. The van der Waals surface area contributed by atoms with Crippen LogP contribution in [0.15, 0.2) is 0 Å². The summed E-state index contributed by atoms with van der Waals surface area (Å²) in [5.41, 5.74) is 0. The third-order valence-corrected chi connectivity index (χ3v) is 5.79. The summed E-state index contributed by atoms with van der Waals surface area (Å²) in [5, 5.41) is 11.9. The van der Waals surface area contributed by atoms with Crippen molar-refractivity contribution in [2.24, 2.45) is 0 Å². The molecule has 1 heterocycles. The minimum absolute atomic E-state index is 0.0247. The molecule has 0 bridgehead atoms. The molecule has 1 saturated heterocycles. The van der Waals surface area contributed by atoms with Crippen LogP contribution in [0.5, 0.6) is 0 Å². The molecule has 2 N–H and O–H groups in total. The van der Waals surface area contributed by atoms with Gasteiger partial charge in [-0.05, 0) is 26.0 Å². The minimum atomic E-state index is -3.35. The smallest absolute Gasteiger partial charge is 0.238 e. The van der Waals surface area contributed by atoms with E-state index in [1.807, 2.05) is 13.2 Å². The van der Waals surface area contributed by atoms with Crippen molar-refractivity contribution in [2.45, 2.75) is 37.1 Å². The number of aliphatic hydroxyl groups excluding tert-OH is 1. The Bertz CT molecular complexity index is 409. The number of aliphatic hydroxyl groups is 1. The van der Waals surface area contributed by atoms with E-state index in [0.29, 0.717) is 19.4 Å². The molecule has 8 heteroatoms. The lowest BCUT2D eigenvalue weighted by atomic mass is 10.2. The first-order valence-electron chi connectivity index (χ1n) is 6.22. The normalized spacial score (nSPS) is 24.1. The van der Waals surface area contributed by atoms with Gasteiger partial charge in [0.05, 0.1) is 12.9 Å². The highest BCUT2D eigenvalue weighted by atomic mass is 32.2. The fraction of sp³-hybridized carbons (Fsp3) is 0.909. The molecule has 0 spiro atoms. The molecule has 1 fully saturated rings. The number of carbonyl (C=O) groups excluding carboxylic acids is 1. The average molecular weight is 310 g/mol. The fourth-order valence-electron chi connectivity index (χ4n) is 2.25. The van der Waals surface area contributed by atoms with E-state index < -0.39 is 16.1 Å². The second-order valence-electron chi connectivity index (χ2n) is 4.79. The van der Waals surface area contributed by atoms with Crippen LogP contribution in [-0.2, 0) is 14.8 Å². The van der Waals surface area contributed by atoms with E-state index >= 15 is 0 Å². The van der Waals surface area contributed by atoms with Crippen molar-refractivity contribution in [3.63, 3.8) is 0 Å². The van der Waals surface area contributed by atoms with Crippen LogP contribution in [-0.4, -0.2) is 66.7 Å². The van der Waals surface area contributed by atoms with Crippen LogP contribution >= 0.6 is 11.8 Å². The quantitative estimate of drug-likeness (QED) is 0.699. The Balaban J connectivity index is 2.67. The van der Waals surface area contributed by atoms with Crippen LogP contribution in [0.25, 0.3) is 0 Å². The topological polar surface area (TPSA) is 86.7 Å². The van der Waals surface area contributed by atoms with Gasteiger partial charge in [0.25, 0.3) is 0 Å². The summed E-state index contributed by atoms with van der Waals surface area (Å²) < 4.78 is 24.4. The molecule has 1 aliphatic heterocycles. The maximum atomic E-state index is 12.1. The SMILES string of the molecule is CSC(CO)C(C)NC(=O)C1CCCN1S(C)(=O)=O. The van der Waals surface area contributed by atoms with Crippen LogP contribution in [0, 0.1) is 0 Å². The Morgan fingerprint density at radius 3 is 2.68 bits per heavy atom. The lowest BCUT2D eigenvalue weighted by Crippen LogP contribution is -2.50. The molecular formula is C11H22N2O4S2. The summed E-state index contributed by atoms with van der Waals surface area (Å²) in [5.74, 6) is -0.275. The number of nitrogens with one attached hydrogen (secondary N) is 1. The van der Waals surface area contributed by atoms with Gasteiger partial charge in [-0.25, -0.2) is 8.42 Å². The molecular weight excluding hydrogens is 288 g/mol. The zero-order valence-electron chi connectivity index (χ0n) is 11.5. The minimum Gasteiger partial charge on any atom is -0.395 e. The molecule has 19 heavy (non-hydrogen) atoms. The van der Waals surface area contributed by atoms with Gasteiger partial charge in [-0.3, -0.25) is 4.79 Å². The van der Waals surface area contributed by atoms with Crippen molar-refractivity contribution in [3.8, 4) is 0 Å². The third-order valence-electron chi connectivity index (χ3n) is 3.34. The molecule has 0 radical (unpaired) electrons. The van der Waals surface area contributed by atoms with Gasteiger partial charge < -0.3 is 10.4 Å². The zero-order chi connectivity index (χ0) is 14.6. The summed E-state index contributed by atoms with van der Waals surface area (Å²) in [6.45, 7) is 2.19. The van der Waals surface area contributed by atoms with Crippen LogP contribution in [0.2, 0.25) is 0 Å². The van der Waals surface area contributed by atoms with Crippen molar-refractivity contribution < 1.29 is 18.3 Å². The molecule has 1 amide bonds. The number of hydrogen-bond donors (Lipinski definition) is 2. The van der Waals surface area contributed by atoms with Crippen molar-refractivity contribution in [3.05, 3.63) is 0 Å². The maximum Gasteiger partial charge on any atom is 0.238 e. The highest BCUT2D eigenvalue weighted by Crippen LogP contribution is 2.21. The molecule has 112 valence electrons. The number of rotatable bonds is 6. The molecule has 3 atom stereocenters. The number of amides is 1. The van der Waals surface area contributed by atoms with Crippen molar-refractivity contribution >= 4 is 27.7 Å². The number of thioether (sulfide) groups is 1. The molecule has 0 saturated carbocycles. The van der Waals surface area contributed by atoms with Gasteiger partial charge in [0, 0.05) is 17.8 Å². The highest BCUT2D eigenvalue weighted by Gasteiger charge is 2.37. The Labute approximate surface area is 119 Å². The molecule has 1 aliphatic rings. The van der Waals surface area contributed by atoms with E-state index in [2.05, 4.69) is 5.32 Å². The summed E-state index contributed by atoms with van der Waals surface area (Å²) >= 11 is 1.47. The second kappa shape index (κ2) is 6.92. The lowest BCUT2D eigenvalue weighted by molar-refractivity contribution is -0.124. The fourth-order valence-corrected chi connectivity index (χ4v) is 4.00. The van der Waals surface area contributed by atoms with Crippen LogP contribution in [0.4, 0.5) is 0 Å². The van der Waals surface area contributed by atoms with Gasteiger partial charge in [-0.2, -0.15) is 16.1 Å². The van der Waals surface area contributed by atoms with Crippen LogP contribution in [0.3, 0.4) is 0 Å². The molecule has 1 rings (SSSR count). The van der Waals surface area contributed by atoms with Gasteiger partial charge in [-0.1, -0.05) is 0 Å². The van der Waals surface area contributed by atoms with Gasteiger partial charge >= 0.3 is 0 Å². The Kier molecular flexibility index (Phi) is 6.10. The van der Waals surface area contributed by atoms with Gasteiger partial charge in [-0.15, -0.1) is 0 Å². The number of sulfonamides is 1. The third kappa shape index (κ3) is 4.34. The Hall–Kier alpha value is -0.310. The number of hydrogen-bond acceptors (Lipinski definition) is 5. The van der Waals surface area contributed by atoms with Gasteiger partial charge in [0.15, 0.2) is 0 Å². The van der Waals surface area contributed by atoms with Crippen LogP contribution in [0.1, 0.15) is 19.8 Å². The highest BCUT2D eigenvalue weighted by molar-refractivity contribution is 7.99. The predicted molar refractivity (Wildman–Crippen MR) is 76.6 cm³/mol. The molecule has 3 unspecified atom stereocenters. The summed E-state index contributed by atoms with van der Waals surface area (Å²) in [6.07, 6.45) is 4.24. The lowest BCUT2D eigenvalue weighted by Gasteiger charge is -2.26. The van der Waals surface area contributed by atoms with E-state index in [9.17, 15) is 18.3 Å². The predicted octanol–water partition coefficient (Wildman–Crippen LogP) is -0.361. The maximum absolute atomic E-state index is 12.1. The number of nitrogens with zero attached hydrogens (tertiary/aromatic N) is 1. The van der Waals surface area contributed by atoms with Crippen molar-refractivity contribution in [2.75, 3.05) is 25.7 Å². The standard InChI is InChI=1S/C11H22N2O4S2/c1-8(10(7-14)18-2)12-11(15)9-5-4-6-13(9)19(3,16)17/h8-10,14H,4-7H2,1-3H3,(H,12,15). The number of carbonyl (C=O) groups is 1. The first kappa shape index (κ1) is 16.7. The zero-order valence-corrected chi connectivity index (χ0v) is 13.1. The Morgan fingerprint density at radius 2 is 2.21 bits per heavy atom. The molecule has 0 aliphatic carbocycles. The molecule has 6 nitrogen and oxygen atoms in total. The Morgan fingerprint density at radius 1 is 1.58 bits per heavy atom. The first-order chi connectivity index (χ1) is 8.81. The summed E-state index contributed by atoms with van der Waals surface area (Å²) in [6, 6.07) is -0.812. The van der Waals surface area contributed by atoms with Gasteiger partial charge in [0.1, 0.15) is 6.04 Å². The summed E-state index contributed by atoms with van der Waals surface area (Å²) in [4.78, 5) is 12.1. The monoisotopic (exact) mass is 310 g/mol. The largest absolute Gasteiger partial charge is 0.395 e. The van der Waals surface area contributed by atoms with E-state index in [4.69, 9.17) is 0 Å².